The Hall–Kier alpha value is -2.75. The molecule has 4 heteroatoms. The SMILES string of the molecule is COc1cccc(OCc2coc3ccccc3c2=O)c1. The number of rotatable bonds is 4. The highest BCUT2D eigenvalue weighted by Gasteiger charge is 2.07. The van der Waals surface area contributed by atoms with Crippen LogP contribution in [0.5, 0.6) is 11.5 Å². The number of para-hydroxylation sites is 1. The summed E-state index contributed by atoms with van der Waals surface area (Å²) in [7, 11) is 1.59. The molecular weight excluding hydrogens is 268 g/mol. The van der Waals surface area contributed by atoms with Gasteiger partial charge in [0.15, 0.2) is 5.43 Å². The minimum absolute atomic E-state index is 0.0697. The van der Waals surface area contributed by atoms with Gasteiger partial charge in [0, 0.05) is 6.07 Å². The number of methoxy groups -OCH3 is 1. The Morgan fingerprint density at radius 1 is 1.05 bits per heavy atom. The summed E-state index contributed by atoms with van der Waals surface area (Å²) >= 11 is 0. The Morgan fingerprint density at radius 2 is 1.86 bits per heavy atom. The molecule has 0 fully saturated rings. The topological polar surface area (TPSA) is 48.7 Å². The van der Waals surface area contributed by atoms with Crippen molar-refractivity contribution >= 4 is 11.0 Å². The Kier molecular flexibility index (Phi) is 3.60. The lowest BCUT2D eigenvalue weighted by molar-refractivity contribution is 0.299. The van der Waals surface area contributed by atoms with Gasteiger partial charge in [-0.1, -0.05) is 18.2 Å². The van der Waals surface area contributed by atoms with Gasteiger partial charge in [0.25, 0.3) is 0 Å². The molecule has 4 nitrogen and oxygen atoms in total. The maximum Gasteiger partial charge on any atom is 0.199 e. The van der Waals surface area contributed by atoms with E-state index < -0.39 is 0 Å². The second-order valence-corrected chi connectivity index (χ2v) is 4.55. The molecule has 0 N–H and O–H groups in total. The van der Waals surface area contributed by atoms with Crippen molar-refractivity contribution in [2.75, 3.05) is 7.11 Å². The third-order valence-electron chi connectivity index (χ3n) is 3.19. The summed E-state index contributed by atoms with van der Waals surface area (Å²) in [6.45, 7) is 0.153. The number of fused-ring (bicyclic) bond motifs is 1. The molecule has 2 aromatic carbocycles. The van der Waals surface area contributed by atoms with Crippen LogP contribution in [0.2, 0.25) is 0 Å². The number of benzene rings is 2. The van der Waals surface area contributed by atoms with E-state index in [9.17, 15) is 4.79 Å². The highest BCUT2D eigenvalue weighted by Crippen LogP contribution is 2.20. The Balaban J connectivity index is 1.85. The van der Waals surface area contributed by atoms with Crippen LogP contribution in [0.4, 0.5) is 0 Å². The molecule has 0 aliphatic rings. The molecule has 0 bridgehead atoms. The molecule has 3 aromatic rings. The maximum absolute atomic E-state index is 12.3. The smallest absolute Gasteiger partial charge is 0.199 e. The van der Waals surface area contributed by atoms with E-state index in [4.69, 9.17) is 13.9 Å². The zero-order chi connectivity index (χ0) is 14.7. The zero-order valence-electron chi connectivity index (χ0n) is 11.5. The molecule has 3 rings (SSSR count). The molecule has 0 amide bonds. The normalized spacial score (nSPS) is 10.5. The first-order chi connectivity index (χ1) is 10.3. The molecule has 0 atom stereocenters. The van der Waals surface area contributed by atoms with E-state index in [0.717, 1.165) is 0 Å². The first-order valence-electron chi connectivity index (χ1n) is 6.54. The third-order valence-corrected chi connectivity index (χ3v) is 3.19. The van der Waals surface area contributed by atoms with Crippen molar-refractivity contribution in [1.82, 2.24) is 0 Å². The molecular formula is C17H14O4. The summed E-state index contributed by atoms with van der Waals surface area (Å²) in [5, 5.41) is 0.559. The van der Waals surface area contributed by atoms with Crippen LogP contribution < -0.4 is 14.9 Å². The third kappa shape index (κ3) is 2.74. The van der Waals surface area contributed by atoms with Crippen LogP contribution in [0.25, 0.3) is 11.0 Å². The second kappa shape index (κ2) is 5.71. The molecule has 21 heavy (non-hydrogen) atoms. The lowest BCUT2D eigenvalue weighted by atomic mass is 10.2. The lowest BCUT2D eigenvalue weighted by Crippen LogP contribution is -2.11. The zero-order valence-corrected chi connectivity index (χ0v) is 11.5. The molecule has 1 aromatic heterocycles. The van der Waals surface area contributed by atoms with E-state index in [-0.39, 0.29) is 12.0 Å². The van der Waals surface area contributed by atoms with E-state index >= 15 is 0 Å². The van der Waals surface area contributed by atoms with E-state index in [2.05, 4.69) is 0 Å². The molecule has 0 radical (unpaired) electrons. The van der Waals surface area contributed by atoms with Crippen molar-refractivity contribution in [3.8, 4) is 11.5 Å². The van der Waals surface area contributed by atoms with Crippen molar-refractivity contribution in [2.24, 2.45) is 0 Å². The van der Waals surface area contributed by atoms with Crippen molar-refractivity contribution in [3.05, 3.63) is 70.6 Å². The van der Waals surface area contributed by atoms with Gasteiger partial charge in [0.2, 0.25) is 0 Å². The second-order valence-electron chi connectivity index (χ2n) is 4.55. The van der Waals surface area contributed by atoms with Gasteiger partial charge in [0.1, 0.15) is 30.0 Å². The number of hydrogen-bond donors (Lipinski definition) is 0. The van der Waals surface area contributed by atoms with Gasteiger partial charge < -0.3 is 13.9 Å². The molecule has 0 aliphatic carbocycles. The summed E-state index contributed by atoms with van der Waals surface area (Å²) in [5.41, 5.74) is 0.990. The minimum atomic E-state index is -0.0697. The summed E-state index contributed by atoms with van der Waals surface area (Å²) in [4.78, 5) is 12.3. The molecule has 0 unspecified atom stereocenters. The molecule has 0 saturated heterocycles. The lowest BCUT2D eigenvalue weighted by Gasteiger charge is -2.07. The van der Waals surface area contributed by atoms with E-state index in [0.29, 0.717) is 28.0 Å². The fourth-order valence-corrected chi connectivity index (χ4v) is 2.07. The van der Waals surface area contributed by atoms with Gasteiger partial charge in [0.05, 0.1) is 18.1 Å². The Bertz CT molecular complexity index is 820. The molecule has 0 saturated carbocycles. The van der Waals surface area contributed by atoms with Crippen LogP contribution in [-0.4, -0.2) is 7.11 Å². The average molecular weight is 282 g/mol. The van der Waals surface area contributed by atoms with Crippen LogP contribution in [0.15, 0.2) is 64.0 Å². The summed E-state index contributed by atoms with van der Waals surface area (Å²) in [6, 6.07) is 14.4. The van der Waals surface area contributed by atoms with Gasteiger partial charge in [-0.25, -0.2) is 0 Å². The highest BCUT2D eigenvalue weighted by atomic mass is 16.5. The minimum Gasteiger partial charge on any atom is -0.497 e. The Labute approximate surface area is 121 Å². The van der Waals surface area contributed by atoms with E-state index in [1.165, 1.54) is 6.26 Å². The van der Waals surface area contributed by atoms with Crippen LogP contribution in [0.1, 0.15) is 5.56 Å². The quantitative estimate of drug-likeness (QED) is 0.736. The fraction of sp³-hybridized carbons (Fsp3) is 0.118. The average Bonchev–Trinajstić information content (AvgIpc) is 2.55. The first kappa shape index (κ1) is 13.2. The predicted molar refractivity (Wildman–Crippen MR) is 79.8 cm³/mol. The fourth-order valence-electron chi connectivity index (χ4n) is 2.07. The Morgan fingerprint density at radius 3 is 2.71 bits per heavy atom. The summed E-state index contributed by atoms with van der Waals surface area (Å²) < 4.78 is 16.2. The number of hydrogen-bond acceptors (Lipinski definition) is 4. The number of ether oxygens (including phenoxy) is 2. The monoisotopic (exact) mass is 282 g/mol. The van der Waals surface area contributed by atoms with Crippen molar-refractivity contribution in [3.63, 3.8) is 0 Å². The van der Waals surface area contributed by atoms with Gasteiger partial charge in [-0.2, -0.15) is 0 Å². The molecule has 1 heterocycles. The highest BCUT2D eigenvalue weighted by molar-refractivity contribution is 5.76. The van der Waals surface area contributed by atoms with Crippen LogP contribution in [-0.2, 0) is 6.61 Å². The molecule has 106 valence electrons. The van der Waals surface area contributed by atoms with Gasteiger partial charge in [-0.3, -0.25) is 4.79 Å². The van der Waals surface area contributed by atoms with Crippen LogP contribution >= 0.6 is 0 Å². The van der Waals surface area contributed by atoms with E-state index in [1.807, 2.05) is 30.3 Å². The maximum atomic E-state index is 12.3. The van der Waals surface area contributed by atoms with Gasteiger partial charge >= 0.3 is 0 Å². The molecule has 0 aliphatic heterocycles. The predicted octanol–water partition coefficient (Wildman–Crippen LogP) is 3.38. The molecule has 0 spiro atoms. The summed E-state index contributed by atoms with van der Waals surface area (Å²) in [5.74, 6) is 1.35. The van der Waals surface area contributed by atoms with Crippen LogP contribution in [0.3, 0.4) is 0 Å². The van der Waals surface area contributed by atoms with Gasteiger partial charge in [-0.15, -0.1) is 0 Å². The van der Waals surface area contributed by atoms with Gasteiger partial charge in [-0.05, 0) is 24.3 Å². The van der Waals surface area contributed by atoms with Crippen molar-refractivity contribution < 1.29 is 13.9 Å². The van der Waals surface area contributed by atoms with Crippen molar-refractivity contribution in [1.29, 1.82) is 0 Å². The van der Waals surface area contributed by atoms with Crippen molar-refractivity contribution in [2.45, 2.75) is 6.61 Å². The van der Waals surface area contributed by atoms with E-state index in [1.54, 1.807) is 25.3 Å². The first-order valence-corrected chi connectivity index (χ1v) is 6.54. The van der Waals surface area contributed by atoms with Crippen LogP contribution in [0, 0.1) is 0 Å². The standard InChI is InChI=1S/C17H14O4/c1-19-13-5-4-6-14(9-13)20-10-12-11-21-16-8-3-2-7-15(16)17(12)18/h2-9,11H,10H2,1H3. The largest absolute Gasteiger partial charge is 0.497 e. The summed E-state index contributed by atoms with van der Waals surface area (Å²) in [6.07, 6.45) is 1.45.